The minimum absolute atomic E-state index is 0.0685. The van der Waals surface area contributed by atoms with Crippen LogP contribution in [0.1, 0.15) is 23.2 Å². The maximum atomic E-state index is 12.1. The molecule has 24 heavy (non-hydrogen) atoms. The maximum Gasteiger partial charge on any atom is 0.289 e. The van der Waals surface area contributed by atoms with Crippen molar-refractivity contribution in [2.75, 3.05) is 5.75 Å². The van der Waals surface area contributed by atoms with E-state index in [1.54, 1.807) is 19.1 Å². The molecule has 2 aromatic rings. The summed E-state index contributed by atoms with van der Waals surface area (Å²) in [6.45, 7) is 3.77. The number of aryl methyl sites for hydroxylation is 1. The summed E-state index contributed by atoms with van der Waals surface area (Å²) in [5.41, 5.74) is 0.691. The molecule has 6 nitrogen and oxygen atoms in total. The van der Waals surface area contributed by atoms with Gasteiger partial charge in [0.25, 0.3) is 5.91 Å². The van der Waals surface area contributed by atoms with E-state index in [1.807, 2.05) is 6.92 Å². The van der Waals surface area contributed by atoms with E-state index < -0.39 is 15.9 Å². The summed E-state index contributed by atoms with van der Waals surface area (Å²) in [6.07, 6.45) is 0.0937. The van der Waals surface area contributed by atoms with Gasteiger partial charge in [0.05, 0.1) is 6.26 Å². The second kappa shape index (κ2) is 8.29. The van der Waals surface area contributed by atoms with E-state index in [0.717, 1.165) is 5.75 Å². The van der Waals surface area contributed by atoms with E-state index in [2.05, 4.69) is 15.3 Å². The summed E-state index contributed by atoms with van der Waals surface area (Å²) in [5, 5.41) is 3.00. The Morgan fingerprint density at radius 3 is 2.79 bits per heavy atom. The average Bonchev–Trinajstić information content (AvgIpc) is 2.99. The zero-order valence-electron chi connectivity index (χ0n) is 12.8. The summed E-state index contributed by atoms with van der Waals surface area (Å²) in [7, 11) is 0. The number of hydrogen-bond donors (Lipinski definition) is 1. The lowest BCUT2D eigenvalue weighted by molar-refractivity contribution is 0.0796. The van der Waals surface area contributed by atoms with Crippen molar-refractivity contribution < 1.29 is 13.9 Å². The number of thioether (sulfide) groups is 1. The molecule has 2 heterocycles. The van der Waals surface area contributed by atoms with Crippen molar-refractivity contribution in [2.45, 2.75) is 29.0 Å². The smallest absolute Gasteiger partial charge is 0.289 e. The van der Waals surface area contributed by atoms with Crippen molar-refractivity contribution in [2.24, 2.45) is 0 Å². The van der Waals surface area contributed by atoms with Gasteiger partial charge in [0.15, 0.2) is 10.9 Å². The Morgan fingerprint density at radius 2 is 2.21 bits per heavy atom. The number of hydrogen-bond acceptors (Lipinski definition) is 6. The van der Waals surface area contributed by atoms with Crippen molar-refractivity contribution in [1.82, 2.24) is 15.3 Å². The number of alkyl halides is 3. The van der Waals surface area contributed by atoms with Crippen LogP contribution in [0.2, 0.25) is 0 Å². The van der Waals surface area contributed by atoms with Crippen molar-refractivity contribution in [1.29, 1.82) is 0 Å². The summed E-state index contributed by atoms with van der Waals surface area (Å²) >= 11 is 19.2. The molecule has 0 fully saturated rings. The van der Waals surface area contributed by atoms with E-state index in [9.17, 15) is 4.79 Å². The van der Waals surface area contributed by atoms with Gasteiger partial charge in [0.1, 0.15) is 0 Å². The number of nitrogens with zero attached hydrogens (tertiary/aromatic N) is 2. The van der Waals surface area contributed by atoms with Crippen molar-refractivity contribution in [3.05, 3.63) is 35.9 Å². The highest BCUT2D eigenvalue weighted by atomic mass is 35.6. The molecule has 2 aromatic heterocycles. The topological polar surface area (TPSA) is 77.2 Å². The van der Waals surface area contributed by atoms with Crippen LogP contribution < -0.4 is 10.1 Å². The summed E-state index contributed by atoms with van der Waals surface area (Å²) in [6, 6.07) is 4.64. The van der Waals surface area contributed by atoms with Gasteiger partial charge in [0, 0.05) is 11.8 Å². The molecule has 0 aromatic carbocycles. The normalized spacial score (nSPS) is 12.7. The van der Waals surface area contributed by atoms with Crippen LogP contribution in [0.25, 0.3) is 0 Å². The minimum atomic E-state index is -1.92. The second-order valence-corrected chi connectivity index (χ2v) is 8.15. The minimum Gasteiger partial charge on any atom is -0.459 e. The number of aromatic nitrogens is 2. The Hall–Kier alpha value is -1.15. The molecule has 0 radical (unpaired) electrons. The van der Waals surface area contributed by atoms with Crippen LogP contribution in [-0.2, 0) is 0 Å². The highest BCUT2D eigenvalue weighted by molar-refractivity contribution is 7.99. The molecular formula is C14H14Cl3N3O3S. The lowest BCUT2D eigenvalue weighted by atomic mass is 10.4. The standard InChI is InChI=1S/C14H14Cl3N3O3S/c1-3-24-13-18-8(2)7-10(19-13)23-12(14(15,16)17)20-11(21)9-5-4-6-22-9/h4-7,12H,3H2,1-2H3,(H,20,21). The van der Waals surface area contributed by atoms with E-state index in [0.29, 0.717) is 10.9 Å². The van der Waals surface area contributed by atoms with Gasteiger partial charge >= 0.3 is 0 Å². The zero-order chi connectivity index (χ0) is 17.7. The van der Waals surface area contributed by atoms with Crippen LogP contribution in [0.5, 0.6) is 5.88 Å². The summed E-state index contributed by atoms with van der Waals surface area (Å²) in [4.78, 5) is 20.6. The largest absolute Gasteiger partial charge is 0.459 e. The molecule has 10 heteroatoms. The van der Waals surface area contributed by atoms with Crippen molar-refractivity contribution >= 4 is 52.5 Å². The molecule has 0 bridgehead atoms. The third kappa shape index (κ3) is 5.44. The number of carbonyl (C=O) groups is 1. The number of amides is 1. The molecule has 0 aliphatic rings. The van der Waals surface area contributed by atoms with Crippen molar-refractivity contribution in [3.63, 3.8) is 0 Å². The number of rotatable bonds is 6. The van der Waals surface area contributed by atoms with Gasteiger partial charge in [-0.3, -0.25) is 4.79 Å². The predicted octanol–water partition coefficient (Wildman–Crippen LogP) is 4.00. The molecule has 1 amide bonds. The SMILES string of the molecule is CCSc1nc(C)cc(OC(NC(=O)c2ccco2)C(Cl)(Cl)Cl)n1. The molecule has 0 aliphatic carbocycles. The Labute approximate surface area is 158 Å². The molecular weight excluding hydrogens is 397 g/mol. The quantitative estimate of drug-likeness (QED) is 0.336. The van der Waals surface area contributed by atoms with Gasteiger partial charge in [-0.1, -0.05) is 53.5 Å². The monoisotopic (exact) mass is 409 g/mol. The fourth-order valence-electron chi connectivity index (χ4n) is 1.66. The number of ether oxygens (including phenoxy) is 1. The van der Waals surface area contributed by atoms with Crippen LogP contribution in [0.3, 0.4) is 0 Å². The third-order valence-corrected chi connectivity index (χ3v) is 3.95. The predicted molar refractivity (Wildman–Crippen MR) is 94.0 cm³/mol. The van der Waals surface area contributed by atoms with Crippen LogP contribution in [0, 0.1) is 6.92 Å². The first-order chi connectivity index (χ1) is 11.3. The zero-order valence-corrected chi connectivity index (χ0v) is 15.8. The molecule has 0 spiro atoms. The maximum absolute atomic E-state index is 12.1. The van der Waals surface area contributed by atoms with Crippen LogP contribution in [0.15, 0.2) is 34.0 Å². The Bertz CT molecular complexity index is 692. The van der Waals surface area contributed by atoms with Crippen molar-refractivity contribution in [3.8, 4) is 5.88 Å². The van der Waals surface area contributed by atoms with Gasteiger partial charge < -0.3 is 14.5 Å². The lowest BCUT2D eigenvalue weighted by Crippen LogP contribution is -2.47. The molecule has 0 saturated carbocycles. The lowest BCUT2D eigenvalue weighted by Gasteiger charge is -2.25. The third-order valence-electron chi connectivity index (χ3n) is 2.63. The first-order valence-corrected chi connectivity index (χ1v) is 8.97. The van der Waals surface area contributed by atoms with Crippen LogP contribution >= 0.6 is 46.6 Å². The first-order valence-electron chi connectivity index (χ1n) is 6.86. The molecule has 1 N–H and O–H groups in total. The molecule has 130 valence electrons. The second-order valence-electron chi connectivity index (χ2n) is 4.55. The van der Waals surface area contributed by atoms with Crippen LogP contribution in [0.4, 0.5) is 0 Å². The van der Waals surface area contributed by atoms with Gasteiger partial charge in [0.2, 0.25) is 15.9 Å². The number of halogens is 3. The first kappa shape index (κ1) is 19.2. The molecule has 1 atom stereocenters. The Balaban J connectivity index is 2.19. The number of furan rings is 1. The van der Waals surface area contributed by atoms with Crippen LogP contribution in [-0.4, -0.2) is 31.6 Å². The van der Waals surface area contributed by atoms with Gasteiger partial charge in [-0.15, -0.1) is 0 Å². The van der Waals surface area contributed by atoms with Gasteiger partial charge in [-0.05, 0) is 24.8 Å². The Morgan fingerprint density at radius 1 is 1.46 bits per heavy atom. The number of carbonyl (C=O) groups excluding carboxylic acids is 1. The summed E-state index contributed by atoms with van der Waals surface area (Å²) in [5.74, 6) is 0.477. The Kier molecular flexibility index (Phi) is 6.62. The van der Waals surface area contributed by atoms with Gasteiger partial charge in [-0.2, -0.15) is 4.98 Å². The molecule has 0 aliphatic heterocycles. The fraction of sp³-hybridized carbons (Fsp3) is 0.357. The van der Waals surface area contributed by atoms with E-state index in [4.69, 9.17) is 44.0 Å². The highest BCUT2D eigenvalue weighted by Gasteiger charge is 2.37. The number of nitrogens with one attached hydrogen (secondary N) is 1. The summed E-state index contributed by atoms with van der Waals surface area (Å²) < 4.78 is 8.67. The molecule has 0 saturated heterocycles. The van der Waals surface area contributed by atoms with Gasteiger partial charge in [-0.25, -0.2) is 4.98 Å². The molecule has 2 rings (SSSR count). The van der Waals surface area contributed by atoms with E-state index >= 15 is 0 Å². The van der Waals surface area contributed by atoms with E-state index in [-0.39, 0.29) is 11.6 Å². The highest BCUT2D eigenvalue weighted by Crippen LogP contribution is 2.32. The van der Waals surface area contributed by atoms with E-state index in [1.165, 1.54) is 24.1 Å². The molecule has 1 unspecified atom stereocenters. The average molecular weight is 411 g/mol. The fourth-order valence-corrected chi connectivity index (χ4v) is 2.58.